The number of aromatic nitrogens is 3. The van der Waals surface area contributed by atoms with Gasteiger partial charge in [-0.25, -0.2) is 13.1 Å². The van der Waals surface area contributed by atoms with Gasteiger partial charge in [0.25, 0.3) is 5.69 Å². The first-order valence-corrected chi connectivity index (χ1v) is 12.4. The molecule has 13 heteroatoms. The fraction of sp³-hybridized carbons (Fsp3) is 0.600. The van der Waals surface area contributed by atoms with Gasteiger partial charge in [0.1, 0.15) is 4.90 Å². The molecule has 2 heterocycles. The quantitative estimate of drug-likeness (QED) is 0.312. The summed E-state index contributed by atoms with van der Waals surface area (Å²) in [6.07, 6.45) is 4.47. The van der Waals surface area contributed by atoms with E-state index in [0.29, 0.717) is 25.1 Å². The number of nitro benzene ring substituents is 1. The molecular formula is C20H31N7O5S. The predicted molar refractivity (Wildman–Crippen MR) is 123 cm³/mol. The summed E-state index contributed by atoms with van der Waals surface area (Å²) in [4.78, 5) is 13.2. The number of rotatable bonds is 11. The van der Waals surface area contributed by atoms with Crippen molar-refractivity contribution >= 4 is 21.4 Å². The Morgan fingerprint density at radius 3 is 2.82 bits per heavy atom. The number of sulfonamides is 1. The van der Waals surface area contributed by atoms with Crippen LogP contribution in [0.25, 0.3) is 0 Å². The molecule has 1 aromatic heterocycles. The molecule has 12 nitrogen and oxygen atoms in total. The highest BCUT2D eigenvalue weighted by Gasteiger charge is 2.27. The van der Waals surface area contributed by atoms with Crippen molar-refractivity contribution in [2.75, 3.05) is 38.1 Å². The monoisotopic (exact) mass is 481 g/mol. The van der Waals surface area contributed by atoms with Gasteiger partial charge >= 0.3 is 0 Å². The molecule has 0 radical (unpaired) electrons. The Kier molecular flexibility index (Phi) is 8.35. The Morgan fingerprint density at radius 2 is 2.15 bits per heavy atom. The van der Waals surface area contributed by atoms with Crippen LogP contribution in [-0.4, -0.2) is 77.2 Å². The van der Waals surface area contributed by atoms with Gasteiger partial charge in [-0.1, -0.05) is 5.21 Å². The maximum atomic E-state index is 13.1. The molecule has 1 fully saturated rings. The average molecular weight is 482 g/mol. The Hall–Kier alpha value is -2.61. The third-order valence-corrected chi connectivity index (χ3v) is 7.11. The van der Waals surface area contributed by atoms with E-state index in [4.69, 9.17) is 5.11 Å². The normalized spacial score (nSPS) is 17.2. The van der Waals surface area contributed by atoms with Crippen molar-refractivity contribution in [3.63, 3.8) is 0 Å². The molecule has 1 aromatic carbocycles. The van der Waals surface area contributed by atoms with Crippen molar-refractivity contribution in [2.24, 2.45) is 7.05 Å². The van der Waals surface area contributed by atoms with Crippen LogP contribution in [0.3, 0.4) is 0 Å². The molecule has 0 bridgehead atoms. The van der Waals surface area contributed by atoms with Crippen LogP contribution in [-0.2, 0) is 23.5 Å². The van der Waals surface area contributed by atoms with Crippen LogP contribution < -0.4 is 10.0 Å². The summed E-state index contributed by atoms with van der Waals surface area (Å²) in [7, 11) is -2.20. The summed E-state index contributed by atoms with van der Waals surface area (Å²) in [5.74, 6) is 0. The molecule has 1 unspecified atom stereocenters. The summed E-state index contributed by atoms with van der Waals surface area (Å²) in [5, 5.41) is 31.6. The Labute approximate surface area is 193 Å². The second-order valence-electron chi connectivity index (χ2n) is 8.28. The van der Waals surface area contributed by atoms with Crippen molar-refractivity contribution in [1.82, 2.24) is 24.6 Å². The first-order valence-electron chi connectivity index (χ1n) is 10.9. The highest BCUT2D eigenvalue weighted by Crippen LogP contribution is 2.31. The number of nitrogens with zero attached hydrogens (tertiary/aromatic N) is 5. The fourth-order valence-corrected chi connectivity index (χ4v) is 5.26. The van der Waals surface area contributed by atoms with Gasteiger partial charge in [-0.05, 0) is 38.8 Å². The van der Waals surface area contributed by atoms with Crippen LogP contribution >= 0.6 is 0 Å². The van der Waals surface area contributed by atoms with Gasteiger partial charge in [0.2, 0.25) is 10.0 Å². The first-order chi connectivity index (χ1) is 15.7. The van der Waals surface area contributed by atoms with Crippen LogP contribution in [0.15, 0.2) is 23.2 Å². The van der Waals surface area contributed by atoms with E-state index in [0.717, 1.165) is 25.9 Å². The number of likely N-dealkylation sites (tertiary alicyclic amines) is 1. The molecule has 182 valence electrons. The van der Waals surface area contributed by atoms with Gasteiger partial charge in [-0.2, -0.15) is 0 Å². The number of aryl methyl sites for hydroxylation is 2. The maximum absolute atomic E-state index is 13.1. The van der Waals surface area contributed by atoms with Crippen LogP contribution in [0.4, 0.5) is 11.4 Å². The number of nitrogens with one attached hydrogen (secondary N) is 2. The molecule has 2 aromatic rings. The van der Waals surface area contributed by atoms with Crippen molar-refractivity contribution in [1.29, 1.82) is 0 Å². The lowest BCUT2D eigenvalue weighted by atomic mass is 10.0. The topological polar surface area (TPSA) is 156 Å². The first kappa shape index (κ1) is 25.0. The summed E-state index contributed by atoms with van der Waals surface area (Å²) in [5.41, 5.74) is 1.01. The van der Waals surface area contributed by atoms with E-state index in [-0.39, 0.29) is 41.0 Å². The zero-order chi connectivity index (χ0) is 24.0. The second kappa shape index (κ2) is 11.0. The Bertz CT molecular complexity index is 1070. The molecule has 1 saturated heterocycles. The number of hydrogen-bond acceptors (Lipinski definition) is 9. The smallest absolute Gasteiger partial charge is 0.274 e. The van der Waals surface area contributed by atoms with Gasteiger partial charge in [-0.15, -0.1) is 5.10 Å². The molecular weight excluding hydrogens is 450 g/mol. The average Bonchev–Trinajstić information content (AvgIpc) is 3.18. The summed E-state index contributed by atoms with van der Waals surface area (Å²) in [6.45, 7) is 4.08. The highest BCUT2D eigenvalue weighted by molar-refractivity contribution is 7.89. The van der Waals surface area contributed by atoms with E-state index in [1.807, 2.05) is 0 Å². The molecule has 1 aliphatic heterocycles. The number of hydrogen-bond donors (Lipinski definition) is 3. The molecule has 33 heavy (non-hydrogen) atoms. The van der Waals surface area contributed by atoms with E-state index < -0.39 is 14.9 Å². The van der Waals surface area contributed by atoms with Crippen LogP contribution in [0.1, 0.15) is 30.5 Å². The molecule has 1 atom stereocenters. The second-order valence-corrected chi connectivity index (χ2v) is 10.0. The number of anilines is 1. The van der Waals surface area contributed by atoms with Crippen molar-refractivity contribution in [2.45, 2.75) is 43.5 Å². The van der Waals surface area contributed by atoms with Gasteiger partial charge < -0.3 is 15.3 Å². The van der Waals surface area contributed by atoms with E-state index in [1.54, 1.807) is 17.9 Å². The number of aliphatic hydroxyl groups excluding tert-OH is 1. The maximum Gasteiger partial charge on any atom is 0.274 e. The summed E-state index contributed by atoms with van der Waals surface area (Å²) < 4.78 is 30.4. The van der Waals surface area contributed by atoms with Gasteiger partial charge in [0.15, 0.2) is 0 Å². The van der Waals surface area contributed by atoms with Gasteiger partial charge in [0.05, 0.1) is 16.3 Å². The summed E-state index contributed by atoms with van der Waals surface area (Å²) >= 11 is 0. The van der Waals surface area contributed by atoms with E-state index >= 15 is 0 Å². The van der Waals surface area contributed by atoms with E-state index in [1.165, 1.54) is 19.1 Å². The molecule has 0 aliphatic carbocycles. The predicted octanol–water partition coefficient (Wildman–Crippen LogP) is 0.811. The van der Waals surface area contributed by atoms with Crippen LogP contribution in [0.5, 0.6) is 0 Å². The largest absolute Gasteiger partial charge is 0.396 e. The van der Waals surface area contributed by atoms with Gasteiger partial charge in [0, 0.05) is 63.6 Å². The lowest BCUT2D eigenvalue weighted by Gasteiger charge is -2.34. The molecule has 1 aliphatic rings. The standard InChI is InChI=1S/C20H31N7O5S/c1-15-11-20(33(31,32)21-7-6-17-13-25(2)24-23-17)18(12-19(15)27(29)30)22-16-5-3-8-26(14-16)9-4-10-28/h11-13,16,21-22,28H,3-10,14H2,1-2H3. The van der Waals surface area contributed by atoms with Crippen LogP contribution in [0.2, 0.25) is 0 Å². The third kappa shape index (κ3) is 6.69. The minimum Gasteiger partial charge on any atom is -0.396 e. The minimum absolute atomic E-state index is 0.0165. The minimum atomic E-state index is -3.93. The zero-order valence-electron chi connectivity index (χ0n) is 18.9. The lowest BCUT2D eigenvalue weighted by molar-refractivity contribution is -0.385. The Balaban J connectivity index is 1.80. The third-order valence-electron chi connectivity index (χ3n) is 5.61. The van der Waals surface area contributed by atoms with Crippen molar-refractivity contribution in [3.8, 4) is 0 Å². The highest BCUT2D eigenvalue weighted by atomic mass is 32.2. The Morgan fingerprint density at radius 1 is 1.36 bits per heavy atom. The van der Waals surface area contributed by atoms with E-state index in [2.05, 4.69) is 25.3 Å². The zero-order valence-corrected chi connectivity index (χ0v) is 19.7. The van der Waals surface area contributed by atoms with Gasteiger partial charge in [-0.3, -0.25) is 14.8 Å². The molecule has 3 N–H and O–H groups in total. The lowest BCUT2D eigenvalue weighted by Crippen LogP contribution is -2.43. The number of benzene rings is 1. The SMILES string of the molecule is Cc1cc(S(=O)(=O)NCCc2cn(C)nn2)c(NC2CCCN(CCCO)C2)cc1[N+](=O)[O-]. The van der Waals surface area contributed by atoms with Crippen molar-refractivity contribution < 1.29 is 18.4 Å². The molecule has 0 saturated carbocycles. The fourth-order valence-electron chi connectivity index (χ4n) is 3.99. The number of nitro groups is 1. The summed E-state index contributed by atoms with van der Waals surface area (Å²) in [6, 6.07) is 2.59. The number of aliphatic hydroxyl groups is 1. The van der Waals surface area contributed by atoms with Crippen LogP contribution in [0, 0.1) is 17.0 Å². The molecule has 0 spiro atoms. The molecule has 0 amide bonds. The number of piperidine rings is 1. The molecule has 3 rings (SSSR count). The van der Waals surface area contributed by atoms with Crippen molar-refractivity contribution in [3.05, 3.63) is 39.7 Å². The van der Waals surface area contributed by atoms with E-state index in [9.17, 15) is 18.5 Å².